The third-order valence-corrected chi connectivity index (χ3v) is 4.14. The molecule has 1 heterocycles. The summed E-state index contributed by atoms with van der Waals surface area (Å²) < 4.78 is 10.5. The molecule has 0 amide bonds. The van der Waals surface area contributed by atoms with Crippen LogP contribution in [0.4, 0.5) is 0 Å². The Balaban J connectivity index is 2.03. The quantitative estimate of drug-likeness (QED) is 0.293. The van der Waals surface area contributed by atoms with Gasteiger partial charge in [0.05, 0.1) is 5.02 Å². The molecule has 0 N–H and O–H groups in total. The number of alkyl halides is 1. The van der Waals surface area contributed by atoms with Crippen molar-refractivity contribution in [2.45, 2.75) is 12.8 Å². The average molecular weight is 363 g/mol. The molecule has 0 saturated heterocycles. The maximum atomic E-state index is 12.4. The first-order valence-corrected chi connectivity index (χ1v) is 8.01. The third-order valence-electron chi connectivity index (χ3n) is 3.53. The first-order valence-electron chi connectivity index (χ1n) is 7.09. The number of ether oxygens (including phenoxy) is 1. The van der Waals surface area contributed by atoms with Crippen LogP contribution >= 0.6 is 23.2 Å². The fourth-order valence-electron chi connectivity index (χ4n) is 2.29. The minimum Gasteiger partial charge on any atom is -0.422 e. The molecule has 0 spiro atoms. The SMILES string of the molecule is Cc1cccc(Cl)c1OC(=O)c1cc2cc(CCl)ccc2oc1=O. The fraction of sp³-hybridized carbons (Fsp3) is 0.111. The number of hydrogen-bond donors (Lipinski definition) is 0. The lowest BCUT2D eigenvalue weighted by Crippen LogP contribution is -2.19. The van der Waals surface area contributed by atoms with Crippen molar-refractivity contribution in [3.63, 3.8) is 0 Å². The third kappa shape index (κ3) is 3.16. The number of carbonyl (C=O) groups excluding carboxylic acids is 1. The lowest BCUT2D eigenvalue weighted by atomic mass is 10.1. The van der Waals surface area contributed by atoms with E-state index in [0.717, 1.165) is 5.56 Å². The molecule has 3 rings (SSSR count). The molecule has 0 aliphatic rings. The van der Waals surface area contributed by atoms with Crippen LogP contribution in [-0.4, -0.2) is 5.97 Å². The van der Waals surface area contributed by atoms with Gasteiger partial charge in [-0.1, -0.05) is 29.8 Å². The summed E-state index contributed by atoms with van der Waals surface area (Å²) in [6.07, 6.45) is 0. The molecule has 2 aromatic carbocycles. The number of carbonyl (C=O) groups is 1. The van der Waals surface area contributed by atoms with Gasteiger partial charge in [-0.2, -0.15) is 0 Å². The van der Waals surface area contributed by atoms with E-state index >= 15 is 0 Å². The number of hydrogen-bond acceptors (Lipinski definition) is 4. The summed E-state index contributed by atoms with van der Waals surface area (Å²) in [7, 11) is 0. The summed E-state index contributed by atoms with van der Waals surface area (Å²) in [5.74, 6) is -0.287. The van der Waals surface area contributed by atoms with Crippen molar-refractivity contribution < 1.29 is 13.9 Å². The number of halogens is 2. The number of fused-ring (bicyclic) bond motifs is 1. The molecule has 1 aromatic heterocycles. The van der Waals surface area contributed by atoms with Crippen molar-refractivity contribution in [2.75, 3.05) is 0 Å². The molecule has 24 heavy (non-hydrogen) atoms. The van der Waals surface area contributed by atoms with E-state index in [1.54, 1.807) is 43.3 Å². The Morgan fingerprint density at radius 1 is 1.21 bits per heavy atom. The van der Waals surface area contributed by atoms with Crippen LogP contribution in [-0.2, 0) is 5.88 Å². The Kier molecular flexibility index (Phi) is 4.60. The predicted molar refractivity (Wildman–Crippen MR) is 93.2 cm³/mol. The van der Waals surface area contributed by atoms with Crippen molar-refractivity contribution in [3.8, 4) is 5.75 Å². The van der Waals surface area contributed by atoms with E-state index in [0.29, 0.717) is 22.4 Å². The van der Waals surface area contributed by atoms with Gasteiger partial charge in [-0.25, -0.2) is 9.59 Å². The van der Waals surface area contributed by atoms with Crippen LogP contribution in [0.3, 0.4) is 0 Å². The van der Waals surface area contributed by atoms with Gasteiger partial charge in [0.15, 0.2) is 5.75 Å². The van der Waals surface area contributed by atoms with E-state index in [2.05, 4.69) is 0 Å². The minimum atomic E-state index is -0.821. The van der Waals surface area contributed by atoms with E-state index in [9.17, 15) is 9.59 Å². The van der Waals surface area contributed by atoms with Gasteiger partial charge in [0.1, 0.15) is 11.1 Å². The van der Waals surface area contributed by atoms with Crippen LogP contribution in [0.15, 0.2) is 51.7 Å². The van der Waals surface area contributed by atoms with Crippen LogP contribution in [0.5, 0.6) is 5.75 Å². The molecule has 0 aliphatic heterocycles. The summed E-state index contributed by atoms with van der Waals surface area (Å²) >= 11 is 11.8. The molecule has 0 unspecified atom stereocenters. The van der Waals surface area contributed by atoms with Gasteiger partial charge in [-0.3, -0.25) is 0 Å². The summed E-state index contributed by atoms with van der Waals surface area (Å²) in [5.41, 5.74) is 0.938. The van der Waals surface area contributed by atoms with Crippen molar-refractivity contribution in [1.29, 1.82) is 0 Å². The van der Waals surface area contributed by atoms with E-state index in [1.807, 2.05) is 0 Å². The maximum Gasteiger partial charge on any atom is 0.351 e. The van der Waals surface area contributed by atoms with Crippen LogP contribution in [0.2, 0.25) is 5.02 Å². The molecule has 122 valence electrons. The Morgan fingerprint density at radius 2 is 2.00 bits per heavy atom. The first kappa shape index (κ1) is 16.6. The zero-order chi connectivity index (χ0) is 17.3. The fourth-order valence-corrected chi connectivity index (χ4v) is 2.72. The molecule has 3 aromatic rings. The number of aryl methyl sites for hydroxylation is 1. The first-order chi connectivity index (χ1) is 11.5. The van der Waals surface area contributed by atoms with Gasteiger partial charge in [0.2, 0.25) is 0 Å². The van der Waals surface area contributed by atoms with Crippen LogP contribution in [0.1, 0.15) is 21.5 Å². The summed E-state index contributed by atoms with van der Waals surface area (Å²) in [6, 6.07) is 11.7. The Bertz CT molecular complexity index is 972. The zero-order valence-electron chi connectivity index (χ0n) is 12.6. The monoisotopic (exact) mass is 362 g/mol. The van der Waals surface area contributed by atoms with Crippen molar-refractivity contribution in [3.05, 3.63) is 74.6 Å². The van der Waals surface area contributed by atoms with Crippen LogP contribution in [0, 0.1) is 6.92 Å². The molecule has 0 fully saturated rings. The second kappa shape index (κ2) is 6.67. The Labute approximate surface area is 147 Å². The molecule has 0 aliphatic carbocycles. The number of esters is 1. The molecular formula is C18H12Cl2O4. The van der Waals surface area contributed by atoms with Crippen molar-refractivity contribution in [2.24, 2.45) is 0 Å². The highest BCUT2D eigenvalue weighted by Crippen LogP contribution is 2.28. The second-order valence-electron chi connectivity index (χ2n) is 5.23. The van der Waals surface area contributed by atoms with E-state index in [4.69, 9.17) is 32.4 Å². The van der Waals surface area contributed by atoms with Crippen molar-refractivity contribution in [1.82, 2.24) is 0 Å². The summed E-state index contributed by atoms with van der Waals surface area (Å²) in [6.45, 7) is 1.75. The van der Waals surface area contributed by atoms with E-state index in [1.165, 1.54) is 6.07 Å². The van der Waals surface area contributed by atoms with E-state index in [-0.39, 0.29) is 16.3 Å². The average Bonchev–Trinajstić information content (AvgIpc) is 2.57. The second-order valence-corrected chi connectivity index (χ2v) is 5.90. The lowest BCUT2D eigenvalue weighted by molar-refractivity contribution is 0.0729. The van der Waals surface area contributed by atoms with Gasteiger partial charge in [-0.05, 0) is 42.3 Å². The van der Waals surface area contributed by atoms with Gasteiger partial charge in [0.25, 0.3) is 0 Å². The number of para-hydroxylation sites is 1. The molecular weight excluding hydrogens is 351 g/mol. The Hall–Kier alpha value is -2.30. The number of benzene rings is 2. The maximum absolute atomic E-state index is 12.4. The molecule has 0 saturated carbocycles. The molecule has 0 atom stereocenters. The zero-order valence-corrected chi connectivity index (χ0v) is 14.1. The molecule has 4 nitrogen and oxygen atoms in total. The van der Waals surface area contributed by atoms with Gasteiger partial charge < -0.3 is 9.15 Å². The minimum absolute atomic E-state index is 0.200. The van der Waals surface area contributed by atoms with Gasteiger partial charge in [-0.15, -0.1) is 11.6 Å². The van der Waals surface area contributed by atoms with Gasteiger partial charge in [0, 0.05) is 11.3 Å². The highest BCUT2D eigenvalue weighted by Gasteiger charge is 2.18. The smallest absolute Gasteiger partial charge is 0.351 e. The highest BCUT2D eigenvalue weighted by atomic mass is 35.5. The predicted octanol–water partition coefficient (Wildman–Crippen LogP) is 4.71. The number of rotatable bonds is 3. The Morgan fingerprint density at radius 3 is 2.71 bits per heavy atom. The molecule has 6 heteroatoms. The van der Waals surface area contributed by atoms with E-state index < -0.39 is 11.6 Å². The van der Waals surface area contributed by atoms with Crippen LogP contribution < -0.4 is 10.4 Å². The highest BCUT2D eigenvalue weighted by molar-refractivity contribution is 6.32. The lowest BCUT2D eigenvalue weighted by Gasteiger charge is -2.09. The normalized spacial score (nSPS) is 10.8. The van der Waals surface area contributed by atoms with Crippen molar-refractivity contribution >= 4 is 40.1 Å². The van der Waals surface area contributed by atoms with Gasteiger partial charge >= 0.3 is 11.6 Å². The topological polar surface area (TPSA) is 56.5 Å². The summed E-state index contributed by atoms with van der Waals surface area (Å²) in [5, 5.41) is 0.883. The summed E-state index contributed by atoms with van der Waals surface area (Å²) in [4.78, 5) is 24.4. The largest absolute Gasteiger partial charge is 0.422 e. The molecule has 0 radical (unpaired) electrons. The molecule has 0 bridgehead atoms. The standard InChI is InChI=1S/C18H12Cl2O4/c1-10-3-2-4-14(20)16(10)24-18(22)13-8-12-7-11(9-19)5-6-15(12)23-17(13)21/h2-8H,9H2,1H3. The van der Waals surface area contributed by atoms with Crippen LogP contribution in [0.25, 0.3) is 11.0 Å².